The zero-order chi connectivity index (χ0) is 17.2. The Morgan fingerprint density at radius 1 is 1.00 bits per heavy atom. The van der Waals surface area contributed by atoms with Gasteiger partial charge in [0.2, 0.25) is 0 Å². The second kappa shape index (κ2) is 7.15. The first-order valence-corrected chi connectivity index (χ1v) is 9.08. The lowest BCUT2D eigenvalue weighted by molar-refractivity contribution is 0.472. The molecular formula is C15H12ClF3O2S2. The van der Waals surface area contributed by atoms with Crippen LogP contribution < -0.4 is 0 Å². The van der Waals surface area contributed by atoms with Crippen molar-refractivity contribution in [2.24, 2.45) is 0 Å². The summed E-state index contributed by atoms with van der Waals surface area (Å²) in [7, 11) is -4.15. The fourth-order valence-corrected chi connectivity index (χ4v) is 4.56. The van der Waals surface area contributed by atoms with Crippen LogP contribution in [0.2, 0.25) is 5.02 Å². The summed E-state index contributed by atoms with van der Waals surface area (Å²) >= 11 is 9.66. The van der Waals surface area contributed by atoms with E-state index in [1.165, 1.54) is 24.3 Å². The van der Waals surface area contributed by atoms with Crippen molar-refractivity contribution >= 4 is 34.1 Å². The van der Waals surface area contributed by atoms with Gasteiger partial charge in [-0.2, -0.15) is 12.6 Å². The van der Waals surface area contributed by atoms with Gasteiger partial charge in [0.15, 0.2) is 21.5 Å². The van der Waals surface area contributed by atoms with E-state index < -0.39 is 38.1 Å². The molecule has 0 N–H and O–H groups in total. The summed E-state index contributed by atoms with van der Waals surface area (Å²) in [4.78, 5) is -0.156. The highest BCUT2D eigenvalue weighted by atomic mass is 35.5. The highest BCUT2D eigenvalue weighted by Crippen LogP contribution is 2.36. The maximum Gasteiger partial charge on any atom is 0.185 e. The van der Waals surface area contributed by atoms with Gasteiger partial charge < -0.3 is 0 Å². The molecule has 0 aliphatic rings. The van der Waals surface area contributed by atoms with E-state index in [1.807, 2.05) is 0 Å². The minimum atomic E-state index is -4.15. The number of hydrogen-bond acceptors (Lipinski definition) is 3. The minimum absolute atomic E-state index is 0.0485. The van der Waals surface area contributed by atoms with Crippen molar-refractivity contribution in [1.29, 1.82) is 0 Å². The van der Waals surface area contributed by atoms with Crippen LogP contribution in [0.4, 0.5) is 13.2 Å². The van der Waals surface area contributed by atoms with Crippen molar-refractivity contribution in [1.82, 2.24) is 0 Å². The van der Waals surface area contributed by atoms with Crippen LogP contribution in [0.1, 0.15) is 17.2 Å². The number of benzene rings is 2. The molecule has 0 radical (unpaired) electrons. The third kappa shape index (κ3) is 3.67. The molecule has 2 aromatic rings. The van der Waals surface area contributed by atoms with Crippen LogP contribution in [-0.4, -0.2) is 14.2 Å². The predicted molar refractivity (Wildman–Crippen MR) is 86.2 cm³/mol. The summed E-state index contributed by atoms with van der Waals surface area (Å²) in [5, 5.41) is -1.27. The topological polar surface area (TPSA) is 34.1 Å². The summed E-state index contributed by atoms with van der Waals surface area (Å²) in [6.07, 6.45) is -0.175. The zero-order valence-electron chi connectivity index (χ0n) is 11.6. The molecule has 0 aliphatic heterocycles. The lowest BCUT2D eigenvalue weighted by Crippen LogP contribution is -2.18. The van der Waals surface area contributed by atoms with Gasteiger partial charge in [-0.1, -0.05) is 11.6 Å². The van der Waals surface area contributed by atoms with Crippen LogP contribution in [0, 0.1) is 17.5 Å². The van der Waals surface area contributed by atoms with Crippen molar-refractivity contribution in [3.8, 4) is 0 Å². The van der Waals surface area contributed by atoms with Crippen molar-refractivity contribution in [3.05, 3.63) is 64.4 Å². The van der Waals surface area contributed by atoms with Gasteiger partial charge in [-0.3, -0.25) is 0 Å². The van der Waals surface area contributed by atoms with Crippen molar-refractivity contribution in [2.45, 2.75) is 16.6 Å². The quantitative estimate of drug-likeness (QED) is 0.608. The summed E-state index contributed by atoms with van der Waals surface area (Å²) < 4.78 is 66.9. The summed E-state index contributed by atoms with van der Waals surface area (Å²) in [5.74, 6) is -3.88. The van der Waals surface area contributed by atoms with E-state index in [0.29, 0.717) is 17.2 Å². The molecule has 0 heterocycles. The van der Waals surface area contributed by atoms with Crippen LogP contribution in [-0.2, 0) is 9.84 Å². The fraction of sp³-hybridized carbons (Fsp3) is 0.200. The molecule has 2 nitrogen and oxygen atoms in total. The molecule has 1 unspecified atom stereocenters. The monoisotopic (exact) mass is 380 g/mol. The maximum absolute atomic E-state index is 14.0. The van der Waals surface area contributed by atoms with Gasteiger partial charge >= 0.3 is 0 Å². The molecule has 2 rings (SSSR count). The van der Waals surface area contributed by atoms with Gasteiger partial charge in [0.25, 0.3) is 0 Å². The first kappa shape index (κ1) is 18.2. The van der Waals surface area contributed by atoms with E-state index in [1.54, 1.807) is 0 Å². The van der Waals surface area contributed by atoms with Crippen LogP contribution in [0.15, 0.2) is 41.3 Å². The lowest BCUT2D eigenvalue weighted by atomic mass is 10.1. The van der Waals surface area contributed by atoms with Gasteiger partial charge in [-0.25, -0.2) is 21.6 Å². The molecule has 0 saturated heterocycles. The molecule has 0 aliphatic carbocycles. The number of hydrogen-bond donors (Lipinski definition) is 1. The Hall–Kier alpha value is -1.18. The standard InChI is InChI=1S/C15H12ClF3O2S2/c16-9-1-3-10(4-2-9)23(20,21)13(7-8-22)14-11(17)5-6-12(18)15(14)19/h1-6,13,22H,7-8H2. The SMILES string of the molecule is O=S(=O)(c1ccc(Cl)cc1)C(CCS)c1c(F)ccc(F)c1F. The highest BCUT2D eigenvalue weighted by Gasteiger charge is 2.34. The first-order chi connectivity index (χ1) is 10.8. The van der Waals surface area contributed by atoms with Crippen LogP contribution in [0.3, 0.4) is 0 Å². The third-order valence-corrected chi connectivity index (χ3v) is 5.97. The molecule has 0 aromatic heterocycles. The average Bonchev–Trinajstić information content (AvgIpc) is 2.51. The number of thiol groups is 1. The number of halogens is 4. The molecule has 124 valence electrons. The van der Waals surface area contributed by atoms with Gasteiger partial charge in [0.1, 0.15) is 5.82 Å². The van der Waals surface area contributed by atoms with Gasteiger partial charge in [0.05, 0.1) is 10.1 Å². The molecule has 8 heteroatoms. The van der Waals surface area contributed by atoms with Crippen LogP contribution >= 0.6 is 24.2 Å². The fourth-order valence-electron chi connectivity index (χ4n) is 2.20. The number of rotatable bonds is 5. The lowest BCUT2D eigenvalue weighted by Gasteiger charge is -2.19. The average molecular weight is 381 g/mol. The van der Waals surface area contributed by atoms with Crippen molar-refractivity contribution < 1.29 is 21.6 Å². The molecule has 0 amide bonds. The third-order valence-electron chi connectivity index (χ3n) is 3.31. The zero-order valence-corrected chi connectivity index (χ0v) is 14.1. The molecule has 2 aromatic carbocycles. The smallest absolute Gasteiger partial charge is 0.185 e. The summed E-state index contributed by atoms with van der Waals surface area (Å²) in [6, 6.07) is 6.49. The Bertz CT molecular complexity index is 808. The van der Waals surface area contributed by atoms with E-state index in [4.69, 9.17) is 11.6 Å². The molecule has 23 heavy (non-hydrogen) atoms. The Labute approximate surface area is 142 Å². The second-order valence-corrected chi connectivity index (χ2v) is 7.77. The van der Waals surface area contributed by atoms with E-state index >= 15 is 0 Å². The second-order valence-electron chi connectivity index (χ2n) is 4.76. The normalized spacial score (nSPS) is 13.1. The van der Waals surface area contributed by atoms with Crippen molar-refractivity contribution in [3.63, 3.8) is 0 Å². The highest BCUT2D eigenvalue weighted by molar-refractivity contribution is 7.91. The van der Waals surface area contributed by atoms with E-state index in [9.17, 15) is 21.6 Å². The molecular weight excluding hydrogens is 369 g/mol. The van der Waals surface area contributed by atoms with Crippen LogP contribution in [0.25, 0.3) is 0 Å². The Morgan fingerprint density at radius 3 is 2.13 bits per heavy atom. The molecule has 1 atom stereocenters. The van der Waals surface area contributed by atoms with Crippen molar-refractivity contribution in [2.75, 3.05) is 5.75 Å². The van der Waals surface area contributed by atoms with Gasteiger partial charge in [0, 0.05) is 10.6 Å². The van der Waals surface area contributed by atoms with Gasteiger partial charge in [-0.05, 0) is 48.6 Å². The van der Waals surface area contributed by atoms with Gasteiger partial charge in [-0.15, -0.1) is 0 Å². The largest absolute Gasteiger partial charge is 0.223 e. The Balaban J connectivity index is 2.63. The molecule has 0 saturated carbocycles. The molecule has 0 bridgehead atoms. The summed E-state index contributed by atoms with van der Waals surface area (Å²) in [5.41, 5.74) is -0.811. The Kier molecular flexibility index (Phi) is 5.65. The van der Waals surface area contributed by atoms with E-state index in [-0.39, 0.29) is 17.1 Å². The maximum atomic E-state index is 14.0. The predicted octanol–water partition coefficient (Wildman–Crippen LogP) is 4.59. The molecule has 0 fully saturated rings. The minimum Gasteiger partial charge on any atom is -0.223 e. The Morgan fingerprint density at radius 2 is 1.57 bits per heavy atom. The van der Waals surface area contributed by atoms with E-state index in [2.05, 4.69) is 12.6 Å². The first-order valence-electron chi connectivity index (χ1n) is 6.52. The van der Waals surface area contributed by atoms with E-state index in [0.717, 1.165) is 0 Å². The van der Waals surface area contributed by atoms with Crippen LogP contribution in [0.5, 0.6) is 0 Å². The summed E-state index contributed by atoms with van der Waals surface area (Å²) in [6.45, 7) is 0. The molecule has 0 spiro atoms. The number of sulfone groups is 1.